The highest BCUT2D eigenvalue weighted by atomic mass is 15.1. The fourth-order valence-corrected chi connectivity index (χ4v) is 2.26. The fourth-order valence-electron chi connectivity index (χ4n) is 2.26. The summed E-state index contributed by atoms with van der Waals surface area (Å²) in [6, 6.07) is 15.2. The van der Waals surface area contributed by atoms with Crippen LogP contribution < -0.4 is 10.2 Å². The second kappa shape index (κ2) is 5.89. The van der Waals surface area contributed by atoms with E-state index in [9.17, 15) is 0 Å². The first kappa shape index (κ1) is 13.6. The van der Waals surface area contributed by atoms with E-state index in [4.69, 9.17) is 0 Å². The van der Waals surface area contributed by atoms with Gasteiger partial charge in [0.05, 0.1) is 0 Å². The van der Waals surface area contributed by atoms with Gasteiger partial charge in [0.15, 0.2) is 0 Å². The Balaban J connectivity index is 2.29. The summed E-state index contributed by atoms with van der Waals surface area (Å²) < 4.78 is 0. The van der Waals surface area contributed by atoms with E-state index in [1.165, 1.54) is 28.1 Å². The lowest BCUT2D eigenvalue weighted by molar-refractivity contribution is 0.812. The molecule has 0 atom stereocenters. The van der Waals surface area contributed by atoms with Gasteiger partial charge in [-0.1, -0.05) is 18.2 Å². The van der Waals surface area contributed by atoms with E-state index < -0.39 is 0 Å². The second-order valence-electron chi connectivity index (χ2n) is 5.04. The molecular weight excluding hydrogens is 232 g/mol. The number of hydrogen-bond donors (Lipinski definition) is 1. The average Bonchev–Trinajstić information content (AvgIpc) is 2.40. The van der Waals surface area contributed by atoms with E-state index >= 15 is 0 Å². The first-order chi connectivity index (χ1) is 9.11. The summed E-state index contributed by atoms with van der Waals surface area (Å²) in [6.07, 6.45) is 0. The summed E-state index contributed by atoms with van der Waals surface area (Å²) in [5.74, 6) is 0. The third kappa shape index (κ3) is 3.15. The molecule has 0 aliphatic carbocycles. The minimum absolute atomic E-state index is 0.917. The van der Waals surface area contributed by atoms with Crippen molar-refractivity contribution in [2.24, 2.45) is 0 Å². The van der Waals surface area contributed by atoms with E-state index in [2.05, 4.69) is 73.6 Å². The van der Waals surface area contributed by atoms with E-state index in [-0.39, 0.29) is 0 Å². The molecule has 100 valence electrons. The van der Waals surface area contributed by atoms with Crippen LogP contribution in [0.2, 0.25) is 0 Å². The maximum absolute atomic E-state index is 3.20. The van der Waals surface area contributed by atoms with Crippen LogP contribution in [0.25, 0.3) is 0 Å². The second-order valence-corrected chi connectivity index (χ2v) is 5.04. The van der Waals surface area contributed by atoms with Crippen molar-refractivity contribution in [2.75, 3.05) is 19.0 Å². The Morgan fingerprint density at radius 1 is 1.00 bits per heavy atom. The smallest absolute Gasteiger partial charge is 0.0410 e. The molecule has 0 radical (unpaired) electrons. The normalized spacial score (nSPS) is 10.5. The molecule has 0 fully saturated rings. The highest BCUT2D eigenvalue weighted by Crippen LogP contribution is 2.26. The van der Waals surface area contributed by atoms with Crippen LogP contribution in [-0.2, 0) is 6.54 Å². The van der Waals surface area contributed by atoms with Gasteiger partial charge in [-0.3, -0.25) is 0 Å². The third-order valence-electron chi connectivity index (χ3n) is 3.47. The van der Waals surface area contributed by atoms with Crippen molar-refractivity contribution in [1.29, 1.82) is 0 Å². The Morgan fingerprint density at radius 3 is 2.37 bits per heavy atom. The van der Waals surface area contributed by atoms with Crippen LogP contribution in [0, 0.1) is 13.8 Å². The molecule has 1 N–H and O–H groups in total. The number of benzene rings is 2. The van der Waals surface area contributed by atoms with Crippen LogP contribution >= 0.6 is 0 Å². The van der Waals surface area contributed by atoms with Crippen molar-refractivity contribution in [3.63, 3.8) is 0 Å². The lowest BCUT2D eigenvalue weighted by Crippen LogP contribution is -2.11. The van der Waals surface area contributed by atoms with Crippen molar-refractivity contribution in [3.05, 3.63) is 59.2 Å². The van der Waals surface area contributed by atoms with Crippen molar-refractivity contribution in [1.82, 2.24) is 5.32 Å². The quantitative estimate of drug-likeness (QED) is 0.893. The lowest BCUT2D eigenvalue weighted by Gasteiger charge is -2.21. The predicted octanol–water partition coefficient (Wildman–Crippen LogP) is 3.79. The molecule has 2 aromatic rings. The van der Waals surface area contributed by atoms with Gasteiger partial charge >= 0.3 is 0 Å². The van der Waals surface area contributed by atoms with Gasteiger partial charge in [0, 0.05) is 25.0 Å². The van der Waals surface area contributed by atoms with Crippen molar-refractivity contribution >= 4 is 11.4 Å². The number of aryl methyl sites for hydroxylation is 2. The van der Waals surface area contributed by atoms with Crippen LogP contribution in [0.3, 0.4) is 0 Å². The Kier molecular flexibility index (Phi) is 4.23. The minimum atomic E-state index is 0.917. The van der Waals surface area contributed by atoms with E-state index in [0.717, 1.165) is 6.54 Å². The molecule has 0 amide bonds. The molecule has 2 rings (SSSR count). The highest BCUT2D eigenvalue weighted by molar-refractivity contribution is 5.64. The summed E-state index contributed by atoms with van der Waals surface area (Å²) >= 11 is 0. The SMILES string of the molecule is CNCc1ccc(N(C)c2cccc(C)c2)cc1C. The van der Waals surface area contributed by atoms with Crippen LogP contribution in [-0.4, -0.2) is 14.1 Å². The number of nitrogens with zero attached hydrogens (tertiary/aromatic N) is 1. The molecule has 0 aromatic heterocycles. The van der Waals surface area contributed by atoms with Gasteiger partial charge in [-0.05, 0) is 61.9 Å². The maximum Gasteiger partial charge on any atom is 0.0410 e. The minimum Gasteiger partial charge on any atom is -0.345 e. The first-order valence-corrected chi connectivity index (χ1v) is 6.66. The maximum atomic E-state index is 3.20. The summed E-state index contributed by atoms with van der Waals surface area (Å²) in [5, 5.41) is 3.20. The van der Waals surface area contributed by atoms with Crippen LogP contribution in [0.15, 0.2) is 42.5 Å². The highest BCUT2D eigenvalue weighted by Gasteiger charge is 2.06. The molecular formula is C17H22N2. The van der Waals surface area contributed by atoms with Crippen LogP contribution in [0.4, 0.5) is 11.4 Å². The van der Waals surface area contributed by atoms with Gasteiger partial charge in [-0.15, -0.1) is 0 Å². The zero-order chi connectivity index (χ0) is 13.8. The molecule has 2 heteroatoms. The monoisotopic (exact) mass is 254 g/mol. The molecule has 0 unspecified atom stereocenters. The average molecular weight is 254 g/mol. The van der Waals surface area contributed by atoms with Gasteiger partial charge in [-0.25, -0.2) is 0 Å². The molecule has 19 heavy (non-hydrogen) atoms. The molecule has 2 nitrogen and oxygen atoms in total. The predicted molar refractivity (Wildman–Crippen MR) is 83.2 cm³/mol. The number of nitrogens with one attached hydrogen (secondary N) is 1. The Hall–Kier alpha value is -1.80. The standard InChI is InChI=1S/C17H22N2/c1-13-6-5-7-16(10-13)19(4)17-9-8-15(12-18-3)14(2)11-17/h5-11,18H,12H2,1-4H3. The first-order valence-electron chi connectivity index (χ1n) is 6.66. The lowest BCUT2D eigenvalue weighted by atomic mass is 10.1. The molecule has 0 aliphatic rings. The Bertz CT molecular complexity index is 561. The molecule has 0 saturated heterocycles. The molecule has 0 heterocycles. The molecule has 2 aromatic carbocycles. The molecule has 0 bridgehead atoms. The van der Waals surface area contributed by atoms with E-state index in [1.54, 1.807) is 0 Å². The topological polar surface area (TPSA) is 15.3 Å². The Morgan fingerprint density at radius 2 is 1.74 bits per heavy atom. The van der Waals surface area contributed by atoms with Crippen LogP contribution in [0.5, 0.6) is 0 Å². The number of hydrogen-bond acceptors (Lipinski definition) is 2. The van der Waals surface area contributed by atoms with E-state index in [1.807, 2.05) is 7.05 Å². The van der Waals surface area contributed by atoms with Crippen molar-refractivity contribution in [2.45, 2.75) is 20.4 Å². The summed E-state index contributed by atoms with van der Waals surface area (Å²) in [5.41, 5.74) is 6.41. The van der Waals surface area contributed by atoms with Crippen molar-refractivity contribution < 1.29 is 0 Å². The largest absolute Gasteiger partial charge is 0.345 e. The van der Waals surface area contributed by atoms with Gasteiger partial charge in [0.1, 0.15) is 0 Å². The number of anilines is 2. The molecule has 0 saturated carbocycles. The summed E-state index contributed by atoms with van der Waals surface area (Å²) in [7, 11) is 4.09. The van der Waals surface area contributed by atoms with Crippen molar-refractivity contribution in [3.8, 4) is 0 Å². The Labute approximate surface area is 116 Å². The summed E-state index contributed by atoms with van der Waals surface area (Å²) in [4.78, 5) is 2.23. The van der Waals surface area contributed by atoms with Gasteiger partial charge in [0.2, 0.25) is 0 Å². The van der Waals surface area contributed by atoms with Gasteiger partial charge in [-0.2, -0.15) is 0 Å². The molecule has 0 spiro atoms. The molecule has 0 aliphatic heterocycles. The zero-order valence-corrected chi connectivity index (χ0v) is 12.2. The van der Waals surface area contributed by atoms with Gasteiger partial charge < -0.3 is 10.2 Å². The van der Waals surface area contributed by atoms with Gasteiger partial charge in [0.25, 0.3) is 0 Å². The van der Waals surface area contributed by atoms with E-state index in [0.29, 0.717) is 0 Å². The van der Waals surface area contributed by atoms with Crippen LogP contribution in [0.1, 0.15) is 16.7 Å². The third-order valence-corrected chi connectivity index (χ3v) is 3.47. The number of rotatable bonds is 4. The zero-order valence-electron chi connectivity index (χ0n) is 12.2. The fraction of sp³-hybridized carbons (Fsp3) is 0.294. The summed E-state index contributed by atoms with van der Waals surface area (Å²) in [6.45, 7) is 5.21.